The summed E-state index contributed by atoms with van der Waals surface area (Å²) in [6, 6.07) is 10.0. The molecule has 1 rings (SSSR count). The number of carbonyl (C=O) groups is 2. The number of benzene rings is 1. The number of ketones is 1. The highest BCUT2D eigenvalue weighted by molar-refractivity contribution is 5.78. The van der Waals surface area contributed by atoms with Crippen molar-refractivity contribution in [1.82, 2.24) is 5.48 Å². The number of hydroxylamine groups is 1. The van der Waals surface area contributed by atoms with Crippen molar-refractivity contribution in [3.05, 3.63) is 42.0 Å². The molecule has 0 spiro atoms. The van der Waals surface area contributed by atoms with Crippen LogP contribution >= 0.6 is 0 Å². The van der Waals surface area contributed by atoms with Gasteiger partial charge in [0.1, 0.15) is 5.78 Å². The van der Waals surface area contributed by atoms with Crippen LogP contribution in [0.15, 0.2) is 36.4 Å². The summed E-state index contributed by atoms with van der Waals surface area (Å²) in [7, 11) is 0. The minimum Gasteiger partial charge on any atom is -0.300 e. The van der Waals surface area contributed by atoms with E-state index in [9.17, 15) is 9.59 Å². The summed E-state index contributed by atoms with van der Waals surface area (Å²) in [6.45, 7) is 0. The largest absolute Gasteiger partial charge is 0.300 e. The first-order valence-corrected chi connectivity index (χ1v) is 7.88. The Morgan fingerprint density at radius 2 is 1.64 bits per heavy atom. The van der Waals surface area contributed by atoms with Crippen LogP contribution in [0.2, 0.25) is 0 Å². The number of nitrogens with one attached hydrogen (secondary N) is 1. The van der Waals surface area contributed by atoms with Gasteiger partial charge in [0.25, 0.3) is 0 Å². The molecule has 120 valence electrons. The van der Waals surface area contributed by atoms with E-state index in [1.54, 1.807) is 5.48 Å². The number of carbonyl (C=O) groups excluding carboxylic acids is 2. The molecule has 1 aromatic carbocycles. The smallest absolute Gasteiger partial charge is 0.243 e. The average Bonchev–Trinajstić information content (AvgIpc) is 2.55. The molecule has 4 nitrogen and oxygen atoms in total. The van der Waals surface area contributed by atoms with Gasteiger partial charge in [-0.2, -0.15) is 0 Å². The van der Waals surface area contributed by atoms with Gasteiger partial charge in [0, 0.05) is 19.3 Å². The summed E-state index contributed by atoms with van der Waals surface area (Å²) < 4.78 is 0. The fourth-order valence-corrected chi connectivity index (χ4v) is 2.17. The predicted octanol–water partition coefficient (Wildman–Crippen LogP) is 3.90. The maximum atomic E-state index is 11.7. The molecule has 0 aliphatic carbocycles. The number of amides is 1. The van der Waals surface area contributed by atoms with Crippen molar-refractivity contribution in [3.8, 4) is 0 Å². The summed E-state index contributed by atoms with van der Waals surface area (Å²) in [5.74, 6) is -0.0490. The van der Waals surface area contributed by atoms with E-state index in [0.717, 1.165) is 37.7 Å². The van der Waals surface area contributed by atoms with Crippen molar-refractivity contribution in [2.24, 2.45) is 0 Å². The summed E-state index contributed by atoms with van der Waals surface area (Å²) in [6.07, 6.45) is 9.91. The highest BCUT2D eigenvalue weighted by Crippen LogP contribution is 2.09. The van der Waals surface area contributed by atoms with Crippen molar-refractivity contribution < 1.29 is 14.8 Å². The second-order valence-corrected chi connectivity index (χ2v) is 5.34. The molecule has 4 heteroatoms. The maximum Gasteiger partial charge on any atom is 0.243 e. The molecule has 0 saturated carbocycles. The van der Waals surface area contributed by atoms with Crippen molar-refractivity contribution in [1.29, 1.82) is 0 Å². The van der Waals surface area contributed by atoms with E-state index < -0.39 is 0 Å². The number of hydrogen-bond acceptors (Lipinski definition) is 3. The Morgan fingerprint density at radius 1 is 0.955 bits per heavy atom. The van der Waals surface area contributed by atoms with E-state index in [-0.39, 0.29) is 5.91 Å². The molecule has 0 bridgehead atoms. The highest BCUT2D eigenvalue weighted by atomic mass is 16.5. The van der Waals surface area contributed by atoms with E-state index >= 15 is 0 Å². The molecule has 0 saturated heterocycles. The molecule has 0 aliphatic heterocycles. The Kier molecular flexibility index (Phi) is 9.62. The van der Waals surface area contributed by atoms with Crippen molar-refractivity contribution in [2.45, 2.75) is 51.4 Å². The van der Waals surface area contributed by atoms with Crippen LogP contribution in [-0.2, 0) is 9.59 Å². The third kappa shape index (κ3) is 9.08. The van der Waals surface area contributed by atoms with Gasteiger partial charge in [-0.1, -0.05) is 55.3 Å². The summed E-state index contributed by atoms with van der Waals surface area (Å²) in [5.41, 5.74) is 2.77. The van der Waals surface area contributed by atoms with Gasteiger partial charge in [0.05, 0.1) is 0 Å². The quantitative estimate of drug-likeness (QED) is 0.370. The lowest BCUT2D eigenvalue weighted by molar-refractivity contribution is -0.129. The molecule has 0 atom stereocenters. The maximum absolute atomic E-state index is 11.7. The molecule has 1 amide bonds. The summed E-state index contributed by atoms with van der Waals surface area (Å²) >= 11 is 0. The minimum atomic E-state index is -0.346. The van der Waals surface area contributed by atoms with Gasteiger partial charge < -0.3 is 0 Å². The zero-order valence-corrected chi connectivity index (χ0v) is 13.0. The Balaban J connectivity index is 2.00. The molecule has 22 heavy (non-hydrogen) atoms. The Labute approximate surface area is 132 Å². The lowest BCUT2D eigenvalue weighted by Crippen LogP contribution is -2.17. The molecule has 1 aromatic rings. The van der Waals surface area contributed by atoms with E-state index in [0.29, 0.717) is 25.0 Å². The summed E-state index contributed by atoms with van der Waals surface area (Å²) in [5, 5.41) is 8.34. The van der Waals surface area contributed by atoms with Gasteiger partial charge >= 0.3 is 0 Å². The van der Waals surface area contributed by atoms with Gasteiger partial charge in [-0.15, -0.1) is 0 Å². The van der Waals surface area contributed by atoms with E-state index in [1.807, 2.05) is 42.5 Å². The molecule has 0 aliphatic rings. The number of allylic oxidation sites excluding steroid dienone is 1. The molecular formula is C18H25NO3. The molecule has 0 aromatic heterocycles. The zero-order valence-electron chi connectivity index (χ0n) is 13.0. The van der Waals surface area contributed by atoms with Crippen molar-refractivity contribution in [3.63, 3.8) is 0 Å². The highest BCUT2D eigenvalue weighted by Gasteiger charge is 2.02. The number of Topliss-reactive ketones (excluding diaryl/α,β-unsaturated/α-hetero) is 1. The van der Waals surface area contributed by atoms with E-state index in [4.69, 9.17) is 5.21 Å². The zero-order chi connectivity index (χ0) is 16.0. The van der Waals surface area contributed by atoms with Crippen LogP contribution in [0.3, 0.4) is 0 Å². The fourth-order valence-electron chi connectivity index (χ4n) is 2.17. The van der Waals surface area contributed by atoms with Gasteiger partial charge in [-0.25, -0.2) is 5.48 Å². The molecule has 0 heterocycles. The van der Waals surface area contributed by atoms with Gasteiger partial charge in [-0.05, 0) is 24.8 Å². The molecule has 0 radical (unpaired) electrons. The van der Waals surface area contributed by atoms with Crippen LogP contribution < -0.4 is 5.48 Å². The minimum absolute atomic E-state index is 0.297. The van der Waals surface area contributed by atoms with Gasteiger partial charge in [-0.3, -0.25) is 14.8 Å². The number of unbranched alkanes of at least 4 members (excludes halogenated alkanes) is 3. The molecule has 0 fully saturated rings. The second-order valence-electron chi connectivity index (χ2n) is 5.34. The van der Waals surface area contributed by atoms with Crippen LogP contribution in [0.1, 0.15) is 56.9 Å². The first-order chi connectivity index (χ1) is 10.7. The van der Waals surface area contributed by atoms with Crippen LogP contribution in [0.25, 0.3) is 6.08 Å². The lowest BCUT2D eigenvalue weighted by Gasteiger charge is -2.01. The molecule has 0 unspecified atom stereocenters. The van der Waals surface area contributed by atoms with Crippen LogP contribution in [0.5, 0.6) is 0 Å². The Bertz CT molecular complexity index is 468. The Hall–Kier alpha value is -1.94. The molecular weight excluding hydrogens is 278 g/mol. The van der Waals surface area contributed by atoms with Gasteiger partial charge in [0.2, 0.25) is 5.91 Å². The second kappa shape index (κ2) is 11.7. The van der Waals surface area contributed by atoms with Crippen molar-refractivity contribution in [2.75, 3.05) is 0 Å². The monoisotopic (exact) mass is 303 g/mol. The predicted molar refractivity (Wildman–Crippen MR) is 87.3 cm³/mol. The first kappa shape index (κ1) is 18.1. The SMILES string of the molecule is O=C(CC/C=C\c1ccccc1)CCCCCCC(=O)NO. The number of hydrogen-bond donors (Lipinski definition) is 2. The normalized spacial score (nSPS) is 10.8. The number of rotatable bonds is 11. The fraction of sp³-hybridized carbons (Fsp3) is 0.444. The van der Waals surface area contributed by atoms with Crippen LogP contribution in [0, 0.1) is 0 Å². The van der Waals surface area contributed by atoms with Crippen LogP contribution in [-0.4, -0.2) is 16.9 Å². The average molecular weight is 303 g/mol. The topological polar surface area (TPSA) is 66.4 Å². The van der Waals surface area contributed by atoms with E-state index in [2.05, 4.69) is 0 Å². The Morgan fingerprint density at radius 3 is 2.32 bits per heavy atom. The lowest BCUT2D eigenvalue weighted by atomic mass is 10.1. The van der Waals surface area contributed by atoms with Crippen molar-refractivity contribution >= 4 is 17.8 Å². The van der Waals surface area contributed by atoms with Crippen LogP contribution in [0.4, 0.5) is 0 Å². The third-order valence-electron chi connectivity index (χ3n) is 3.43. The third-order valence-corrected chi connectivity index (χ3v) is 3.43. The van der Waals surface area contributed by atoms with Gasteiger partial charge in [0.15, 0.2) is 0 Å². The first-order valence-electron chi connectivity index (χ1n) is 7.88. The molecule has 2 N–H and O–H groups in total. The standard InChI is InChI=1S/C18H25NO3/c20-17(13-6-1-2-7-15-18(21)19-22)14-9-8-12-16-10-4-3-5-11-16/h3-5,8,10-12,22H,1-2,6-7,9,13-15H2,(H,19,21)/b12-8-. The summed E-state index contributed by atoms with van der Waals surface area (Å²) in [4.78, 5) is 22.5. The van der Waals surface area contributed by atoms with E-state index in [1.165, 1.54) is 0 Å².